The lowest BCUT2D eigenvalue weighted by atomic mass is 9.93. The van der Waals surface area contributed by atoms with E-state index in [2.05, 4.69) is 20.5 Å². The van der Waals surface area contributed by atoms with Gasteiger partial charge in [-0.25, -0.2) is 4.79 Å². The van der Waals surface area contributed by atoms with Crippen molar-refractivity contribution in [1.82, 2.24) is 20.1 Å². The van der Waals surface area contributed by atoms with Crippen LogP contribution in [0.2, 0.25) is 0 Å². The highest BCUT2D eigenvalue weighted by atomic mass is 16.6. The number of aromatic nitrogens is 1. The number of amides is 2. The molecule has 1 unspecified atom stereocenters. The minimum Gasteiger partial charge on any atom is -0.506 e. The summed E-state index contributed by atoms with van der Waals surface area (Å²) in [7, 11) is 0. The van der Waals surface area contributed by atoms with Crippen LogP contribution in [-0.4, -0.2) is 89.0 Å². The average molecular weight is 774 g/mol. The molecule has 1 aromatic heterocycles. The molecule has 12 nitrogen and oxygen atoms in total. The van der Waals surface area contributed by atoms with Gasteiger partial charge in [0.15, 0.2) is 6.61 Å². The molecule has 5 aromatic rings. The molecule has 7 rings (SSSR count). The Morgan fingerprint density at radius 2 is 1.63 bits per heavy atom. The van der Waals surface area contributed by atoms with Gasteiger partial charge in [0, 0.05) is 56.3 Å². The number of para-hydroxylation sites is 1. The molecule has 0 spiro atoms. The number of carbonyl (C=O) groups is 2. The second kappa shape index (κ2) is 19.0. The van der Waals surface area contributed by atoms with Crippen LogP contribution >= 0.6 is 0 Å². The number of phenolic OH excluding ortho intramolecular Hbond substituents is 1. The molecule has 0 bridgehead atoms. The van der Waals surface area contributed by atoms with Gasteiger partial charge in [-0.15, -0.1) is 0 Å². The van der Waals surface area contributed by atoms with Gasteiger partial charge in [-0.2, -0.15) is 0 Å². The lowest BCUT2D eigenvalue weighted by Crippen LogP contribution is -2.42. The van der Waals surface area contributed by atoms with Crippen molar-refractivity contribution in [3.05, 3.63) is 125 Å². The van der Waals surface area contributed by atoms with E-state index in [4.69, 9.17) is 9.47 Å². The number of likely N-dealkylation sites (tertiary alicyclic amines) is 2. The van der Waals surface area contributed by atoms with Crippen LogP contribution < -0.4 is 20.9 Å². The van der Waals surface area contributed by atoms with Crippen LogP contribution in [-0.2, 0) is 16.1 Å². The highest BCUT2D eigenvalue weighted by Gasteiger charge is 2.26. The number of H-pyrrole nitrogens is 1. The van der Waals surface area contributed by atoms with Crippen LogP contribution in [0.25, 0.3) is 22.0 Å². The highest BCUT2D eigenvalue weighted by Crippen LogP contribution is 2.30. The van der Waals surface area contributed by atoms with E-state index in [0.717, 1.165) is 87.2 Å². The van der Waals surface area contributed by atoms with Crippen LogP contribution in [0.5, 0.6) is 11.5 Å². The fourth-order valence-electron chi connectivity index (χ4n) is 7.83. The molecule has 298 valence electrons. The van der Waals surface area contributed by atoms with Crippen molar-refractivity contribution >= 4 is 28.6 Å². The number of hydrogen-bond acceptors (Lipinski definition) is 9. The number of rotatable bonds is 14. The van der Waals surface area contributed by atoms with Crippen molar-refractivity contribution in [2.45, 2.75) is 50.9 Å². The minimum absolute atomic E-state index is 0.0165. The summed E-state index contributed by atoms with van der Waals surface area (Å²) in [5.74, 6) is 1.11. The molecule has 0 saturated carbocycles. The van der Waals surface area contributed by atoms with E-state index < -0.39 is 12.2 Å². The largest absolute Gasteiger partial charge is 0.506 e. The molecule has 5 N–H and O–H groups in total. The Kier molecular flexibility index (Phi) is 13.2. The SMILES string of the molecule is O=C(Nc1ccccc1-c1ccccc1)OC1CCN(CCC2CCN(C(=O)COc3cccc(CNCC(O)c4ccc(O)c5[nH]c(=O)ccc45)c3)CC2)CC1. The minimum atomic E-state index is -0.866. The molecule has 57 heavy (non-hydrogen) atoms. The average Bonchev–Trinajstić information content (AvgIpc) is 3.23. The number of carbonyl (C=O) groups excluding carboxylic acids is 2. The summed E-state index contributed by atoms with van der Waals surface area (Å²) in [5, 5.41) is 27.8. The predicted molar refractivity (Wildman–Crippen MR) is 220 cm³/mol. The molecule has 0 radical (unpaired) electrons. The Hall–Kier alpha value is -5.69. The molecule has 2 aliphatic rings. The maximum absolute atomic E-state index is 13.1. The van der Waals surface area contributed by atoms with Crippen LogP contribution in [0.15, 0.2) is 108 Å². The van der Waals surface area contributed by atoms with Crippen LogP contribution in [0, 0.1) is 5.92 Å². The third-order valence-corrected chi connectivity index (χ3v) is 11.1. The Morgan fingerprint density at radius 3 is 2.44 bits per heavy atom. The molecule has 0 aliphatic carbocycles. The number of ether oxygens (including phenoxy) is 2. The molecule has 2 saturated heterocycles. The van der Waals surface area contributed by atoms with Gasteiger partial charge in [-0.05, 0) is 91.6 Å². The lowest BCUT2D eigenvalue weighted by Gasteiger charge is -2.35. The van der Waals surface area contributed by atoms with Gasteiger partial charge < -0.3 is 39.8 Å². The number of fused-ring (bicyclic) bond motifs is 1. The van der Waals surface area contributed by atoms with Gasteiger partial charge in [0.1, 0.15) is 17.6 Å². The number of piperidine rings is 2. The van der Waals surface area contributed by atoms with E-state index in [1.54, 1.807) is 12.1 Å². The van der Waals surface area contributed by atoms with E-state index in [1.165, 1.54) is 12.1 Å². The first-order valence-electron chi connectivity index (χ1n) is 19.9. The van der Waals surface area contributed by atoms with Gasteiger partial charge in [-0.3, -0.25) is 14.9 Å². The van der Waals surface area contributed by atoms with Gasteiger partial charge in [0.25, 0.3) is 5.91 Å². The van der Waals surface area contributed by atoms with Crippen molar-refractivity contribution in [1.29, 1.82) is 0 Å². The van der Waals surface area contributed by atoms with Crippen molar-refractivity contribution in [2.24, 2.45) is 5.92 Å². The molecule has 2 fully saturated rings. The predicted octanol–water partition coefficient (Wildman–Crippen LogP) is 6.44. The molecule has 3 heterocycles. The number of benzene rings is 4. The number of pyridine rings is 1. The Labute approximate surface area is 332 Å². The molecule has 12 heteroatoms. The summed E-state index contributed by atoms with van der Waals surface area (Å²) in [5.41, 5.74) is 4.24. The summed E-state index contributed by atoms with van der Waals surface area (Å²) >= 11 is 0. The van der Waals surface area contributed by atoms with E-state index >= 15 is 0 Å². The van der Waals surface area contributed by atoms with Gasteiger partial charge in [0.05, 0.1) is 17.3 Å². The number of anilines is 1. The number of aromatic amines is 1. The fraction of sp³-hybridized carbons (Fsp3) is 0.356. The summed E-state index contributed by atoms with van der Waals surface area (Å²) in [4.78, 5) is 44.6. The van der Waals surface area contributed by atoms with E-state index in [1.807, 2.05) is 83.8 Å². The van der Waals surface area contributed by atoms with E-state index in [-0.39, 0.29) is 36.5 Å². The third kappa shape index (κ3) is 10.6. The normalized spacial score (nSPS) is 16.0. The second-order valence-electron chi connectivity index (χ2n) is 15.0. The number of aliphatic hydroxyl groups excluding tert-OH is 1. The van der Waals surface area contributed by atoms with E-state index in [9.17, 15) is 24.6 Å². The quantitative estimate of drug-likeness (QED) is 0.0857. The molecule has 2 amide bonds. The van der Waals surface area contributed by atoms with Crippen molar-refractivity contribution in [3.63, 3.8) is 0 Å². The van der Waals surface area contributed by atoms with Crippen molar-refractivity contribution < 1.29 is 29.3 Å². The summed E-state index contributed by atoms with van der Waals surface area (Å²) in [6, 6.07) is 31.4. The van der Waals surface area contributed by atoms with Gasteiger partial charge in [0.2, 0.25) is 5.56 Å². The number of aliphatic hydroxyl groups is 1. The van der Waals surface area contributed by atoms with Crippen molar-refractivity contribution in [2.75, 3.05) is 51.2 Å². The zero-order valence-electron chi connectivity index (χ0n) is 32.1. The number of aromatic hydroxyl groups is 1. The first-order chi connectivity index (χ1) is 27.8. The maximum Gasteiger partial charge on any atom is 0.411 e. The third-order valence-electron chi connectivity index (χ3n) is 11.1. The fourth-order valence-corrected chi connectivity index (χ4v) is 7.83. The first-order valence-corrected chi connectivity index (χ1v) is 19.9. The topological polar surface area (TPSA) is 156 Å². The number of nitrogens with one attached hydrogen (secondary N) is 3. The van der Waals surface area contributed by atoms with E-state index in [0.29, 0.717) is 34.7 Å². The molecule has 1 atom stereocenters. The van der Waals surface area contributed by atoms with Crippen LogP contribution in [0.3, 0.4) is 0 Å². The first kappa shape index (κ1) is 39.5. The molecular weight excluding hydrogens is 723 g/mol. The van der Waals surface area contributed by atoms with Gasteiger partial charge >= 0.3 is 6.09 Å². The summed E-state index contributed by atoms with van der Waals surface area (Å²) in [6.07, 6.45) is 3.28. The number of nitrogens with zero attached hydrogens (tertiary/aromatic N) is 2. The Balaban J connectivity index is 0.772. The van der Waals surface area contributed by atoms with Crippen LogP contribution in [0.4, 0.5) is 10.5 Å². The zero-order valence-corrected chi connectivity index (χ0v) is 32.1. The maximum atomic E-state index is 13.1. The Morgan fingerprint density at radius 1 is 0.860 bits per heavy atom. The zero-order chi connectivity index (χ0) is 39.6. The highest BCUT2D eigenvalue weighted by molar-refractivity contribution is 5.91. The monoisotopic (exact) mass is 773 g/mol. The second-order valence-corrected chi connectivity index (χ2v) is 15.0. The Bertz CT molecular complexity index is 2180. The van der Waals surface area contributed by atoms with Crippen LogP contribution in [0.1, 0.15) is 49.3 Å². The van der Waals surface area contributed by atoms with Gasteiger partial charge in [-0.1, -0.05) is 66.7 Å². The van der Waals surface area contributed by atoms with Crippen molar-refractivity contribution in [3.8, 4) is 22.6 Å². The standard InChI is InChI=1S/C45H51N5O7/c51-40-15-13-37(38-14-16-42(53)48-44(38)40)41(52)29-46-28-32-7-6-10-35(27-32)56-30-43(54)50-25-18-31(19-26-50)17-22-49-23-20-34(21-24-49)57-45(55)47-39-12-5-4-11-36(39)33-8-2-1-3-9-33/h1-16,27,31,34,41,46,51-52H,17-26,28-30H2,(H,47,55)(H,48,53). The summed E-state index contributed by atoms with van der Waals surface area (Å²) in [6.45, 7) is 4.94. The molecule has 2 aliphatic heterocycles. The summed E-state index contributed by atoms with van der Waals surface area (Å²) < 4.78 is 11.7. The smallest absolute Gasteiger partial charge is 0.411 e. The lowest BCUT2D eigenvalue weighted by molar-refractivity contribution is -0.134. The number of hydrogen-bond donors (Lipinski definition) is 5. The molecular formula is C45H51N5O7. The number of phenols is 1. The molecule has 4 aromatic carbocycles.